The maximum absolute atomic E-state index is 12.5. The summed E-state index contributed by atoms with van der Waals surface area (Å²) in [5.74, 6) is 0.268. The van der Waals surface area contributed by atoms with E-state index >= 15 is 0 Å². The largest absolute Gasteiger partial charge is 1.00 e. The number of nitrogens with zero attached hydrogens (tertiary/aromatic N) is 6. The Balaban J connectivity index is 0.00000290. The van der Waals surface area contributed by atoms with Crippen LogP contribution in [0, 0.1) is 0 Å². The second-order valence-electron chi connectivity index (χ2n) is 11.0. The molecule has 0 aliphatic heterocycles. The zero-order valence-corrected chi connectivity index (χ0v) is 35.9. The molecule has 6 rings (SSSR count). The number of hydrogen-bond acceptors (Lipinski definition) is 16. The Morgan fingerprint density at radius 2 is 0.821 bits per heavy atom. The van der Waals surface area contributed by atoms with Crippen molar-refractivity contribution in [3.8, 4) is 12.0 Å². The summed E-state index contributed by atoms with van der Waals surface area (Å²) < 4.78 is 80.6. The van der Waals surface area contributed by atoms with Gasteiger partial charge in [-0.15, -0.1) is 0 Å². The minimum atomic E-state index is -4.82. The number of aromatic nitrogens is 6. The molecule has 56 heavy (non-hydrogen) atoms. The zero-order valence-electron chi connectivity index (χ0n) is 32.2. The molecular weight excluding hydrogens is 787 g/mol. The topological polar surface area (TPSA) is 253 Å². The van der Waals surface area contributed by atoms with Gasteiger partial charge in [0.15, 0.2) is 0 Å². The van der Waals surface area contributed by atoms with Gasteiger partial charge in [0.1, 0.15) is 9.79 Å². The van der Waals surface area contributed by atoms with Crippen LogP contribution in [0.15, 0.2) is 107 Å². The first-order valence-electron chi connectivity index (χ1n) is 15.6. The molecule has 0 aliphatic carbocycles. The van der Waals surface area contributed by atoms with Gasteiger partial charge in [0, 0.05) is 22.7 Å². The van der Waals surface area contributed by atoms with Crippen molar-refractivity contribution in [2.45, 2.75) is 9.79 Å². The van der Waals surface area contributed by atoms with E-state index < -0.39 is 30.0 Å². The Morgan fingerprint density at radius 1 is 0.500 bits per heavy atom. The molecule has 18 nitrogen and oxygen atoms in total. The van der Waals surface area contributed by atoms with E-state index in [1.807, 2.05) is 36.4 Å². The minimum absolute atomic E-state index is 0. The Morgan fingerprint density at radius 3 is 1.12 bits per heavy atom. The molecule has 0 spiro atoms. The van der Waals surface area contributed by atoms with E-state index in [0.717, 1.165) is 12.1 Å². The van der Waals surface area contributed by atoms with Crippen LogP contribution >= 0.6 is 0 Å². The molecule has 2 heterocycles. The van der Waals surface area contributed by atoms with Gasteiger partial charge in [0.05, 0.1) is 14.2 Å². The number of nitrogens with one attached hydrogen (secondary N) is 4. The first kappa shape index (κ1) is 44.0. The molecule has 2 aromatic heterocycles. The predicted octanol–water partition coefficient (Wildman–Crippen LogP) is -0.0550. The van der Waals surface area contributed by atoms with Gasteiger partial charge in [-0.25, -0.2) is 0 Å². The fourth-order valence-electron chi connectivity index (χ4n) is 4.80. The molecule has 0 atom stereocenters. The Bertz CT molecular complexity index is 2390. The van der Waals surface area contributed by atoms with Crippen molar-refractivity contribution >= 4 is 78.9 Å². The maximum Gasteiger partial charge on any atom is 1.00 e. The first-order chi connectivity index (χ1) is 25.9. The monoisotopic (exact) mass is 818 g/mol. The SMILES string of the molecule is COc1nc(Nc2ccccc2)nc(Nc2ccc(/C=C/c3ccc(Nc4nc(Nc5ccccc5)nc(OC)n4)cc3S(=O)(=O)O)c(S(=O)(=O)O)c2)n1.[H-].[H-].[Na+].[Na+]. The fourth-order valence-corrected chi connectivity index (χ4v) is 6.22. The molecule has 0 radical (unpaired) electrons. The molecule has 0 saturated heterocycles. The van der Waals surface area contributed by atoms with Crippen LogP contribution in [0.1, 0.15) is 14.0 Å². The molecule has 0 amide bonds. The van der Waals surface area contributed by atoms with Gasteiger partial charge in [0.25, 0.3) is 20.2 Å². The van der Waals surface area contributed by atoms with Crippen LogP contribution in [0.25, 0.3) is 12.2 Å². The fraction of sp³-hybridized carbons (Fsp3) is 0.0588. The van der Waals surface area contributed by atoms with Crippen LogP contribution < -0.4 is 89.9 Å². The summed E-state index contributed by atoms with van der Waals surface area (Å²) in [5.41, 5.74) is 1.70. The number of ether oxygens (including phenoxy) is 2. The summed E-state index contributed by atoms with van der Waals surface area (Å²) in [5, 5.41) is 11.8. The quantitative estimate of drug-likeness (QED) is 0.0479. The second kappa shape index (κ2) is 19.4. The summed E-state index contributed by atoms with van der Waals surface area (Å²) in [6.45, 7) is 0. The Hall–Kier alpha value is -4.74. The number of para-hydroxylation sites is 2. The average Bonchev–Trinajstić information content (AvgIpc) is 3.14. The molecular formula is C34H32N10Na2O8S2. The molecule has 0 fully saturated rings. The Labute approximate surface area is 368 Å². The van der Waals surface area contributed by atoms with Crippen molar-refractivity contribution in [3.63, 3.8) is 0 Å². The first-order valence-corrected chi connectivity index (χ1v) is 18.4. The molecule has 6 N–H and O–H groups in total. The van der Waals surface area contributed by atoms with Gasteiger partial charge in [-0.1, -0.05) is 60.7 Å². The van der Waals surface area contributed by atoms with Gasteiger partial charge in [0.2, 0.25) is 23.8 Å². The van der Waals surface area contributed by atoms with Gasteiger partial charge in [-0.05, 0) is 59.7 Å². The van der Waals surface area contributed by atoms with Crippen LogP contribution in [0.3, 0.4) is 0 Å². The van der Waals surface area contributed by atoms with Gasteiger partial charge < -0.3 is 33.6 Å². The van der Waals surface area contributed by atoms with E-state index in [9.17, 15) is 25.9 Å². The summed E-state index contributed by atoms with van der Waals surface area (Å²) >= 11 is 0. The molecule has 4 aromatic carbocycles. The van der Waals surface area contributed by atoms with E-state index in [2.05, 4.69) is 51.2 Å². The van der Waals surface area contributed by atoms with Crippen molar-refractivity contribution in [1.29, 1.82) is 0 Å². The third-order valence-corrected chi connectivity index (χ3v) is 9.01. The number of hydrogen-bond donors (Lipinski definition) is 6. The van der Waals surface area contributed by atoms with E-state index in [-0.39, 0.29) is 120 Å². The van der Waals surface area contributed by atoms with Crippen LogP contribution in [0.5, 0.6) is 12.0 Å². The van der Waals surface area contributed by atoms with Crippen LogP contribution in [-0.4, -0.2) is 70.1 Å². The number of rotatable bonds is 14. The third-order valence-electron chi connectivity index (χ3n) is 7.19. The molecule has 0 bridgehead atoms. The summed E-state index contributed by atoms with van der Waals surface area (Å²) in [6.07, 6.45) is 2.52. The molecule has 22 heteroatoms. The molecule has 0 unspecified atom stereocenters. The number of anilines is 8. The van der Waals surface area contributed by atoms with E-state index in [4.69, 9.17) is 9.47 Å². The normalized spacial score (nSPS) is 11.1. The molecule has 280 valence electrons. The summed E-state index contributed by atoms with van der Waals surface area (Å²) in [4.78, 5) is 24.2. The number of benzene rings is 4. The van der Waals surface area contributed by atoms with E-state index in [1.54, 1.807) is 24.3 Å². The standard InChI is InChI=1S/C34H30N10O8S2.2Na.2H/c1-51-33-41-29(35-23-9-5-3-6-10-23)39-31(43-33)37-25-17-15-21(27(19-25)53(45,46)47)13-14-22-16-18-26(20-28(22)54(48,49)50)38-32-40-30(42-34(44-32)52-2)36-24-11-7-4-8-12-24;;;;/h3-20H,1-2H3,(H,45,46,47)(H,48,49,50)(H2,35,37,39,41,43)(H2,36,38,40,42,44);;;;/q;2*+1;2*-1/b14-13+;;;;. The van der Waals surface area contributed by atoms with Crippen LogP contribution in [0.4, 0.5) is 46.5 Å². The van der Waals surface area contributed by atoms with Gasteiger partial charge in [-0.3, -0.25) is 9.11 Å². The maximum atomic E-state index is 12.5. The van der Waals surface area contributed by atoms with E-state index in [0.29, 0.717) is 11.4 Å². The molecule has 0 saturated carbocycles. The summed E-state index contributed by atoms with van der Waals surface area (Å²) in [6, 6.07) is 26.1. The van der Waals surface area contributed by atoms with Gasteiger partial charge >= 0.3 is 71.1 Å². The second-order valence-corrected chi connectivity index (χ2v) is 13.7. The zero-order chi connectivity index (χ0) is 38.3. The van der Waals surface area contributed by atoms with Crippen molar-refractivity contribution < 1.29 is 97.4 Å². The van der Waals surface area contributed by atoms with Crippen molar-refractivity contribution in [2.75, 3.05) is 35.5 Å². The minimum Gasteiger partial charge on any atom is -1.00 e. The average molecular weight is 819 g/mol. The summed E-state index contributed by atoms with van der Waals surface area (Å²) in [7, 11) is -6.90. The Kier molecular flexibility index (Phi) is 15.2. The smallest absolute Gasteiger partial charge is 1.00 e. The number of methoxy groups -OCH3 is 2. The third kappa shape index (κ3) is 11.9. The molecule has 0 aliphatic rings. The van der Waals surface area contributed by atoms with Crippen LogP contribution in [0.2, 0.25) is 0 Å². The van der Waals surface area contributed by atoms with Crippen molar-refractivity contribution in [3.05, 3.63) is 108 Å². The van der Waals surface area contributed by atoms with Crippen molar-refractivity contribution in [1.82, 2.24) is 29.9 Å². The molecule has 6 aromatic rings. The van der Waals surface area contributed by atoms with Crippen LogP contribution in [-0.2, 0) is 20.2 Å². The van der Waals surface area contributed by atoms with Gasteiger partial charge in [-0.2, -0.15) is 46.7 Å². The van der Waals surface area contributed by atoms with Crippen molar-refractivity contribution in [2.24, 2.45) is 0 Å². The van der Waals surface area contributed by atoms with E-state index in [1.165, 1.54) is 50.6 Å². The predicted molar refractivity (Wildman–Crippen MR) is 202 cm³/mol.